The number of hydrogen-bond donors (Lipinski definition) is 1. The minimum atomic E-state index is -0.662. The van der Waals surface area contributed by atoms with Crippen LogP contribution in [0.2, 0.25) is 0 Å². The molecule has 18 heavy (non-hydrogen) atoms. The van der Waals surface area contributed by atoms with Gasteiger partial charge >= 0.3 is 0 Å². The fourth-order valence-corrected chi connectivity index (χ4v) is 3.56. The van der Waals surface area contributed by atoms with Crippen LogP contribution in [0.25, 0.3) is 0 Å². The number of aliphatic hydroxyl groups is 1. The van der Waals surface area contributed by atoms with Crippen LogP contribution in [-0.4, -0.2) is 5.11 Å². The molecule has 0 fully saturated rings. The molecule has 0 bridgehead atoms. The first-order valence-electron chi connectivity index (χ1n) is 5.86. The fourth-order valence-electron chi connectivity index (χ4n) is 2.35. The predicted molar refractivity (Wildman–Crippen MR) is 71.2 cm³/mol. The van der Waals surface area contributed by atoms with Gasteiger partial charge in [0.2, 0.25) is 0 Å². The molecule has 0 spiro atoms. The van der Waals surface area contributed by atoms with Gasteiger partial charge in [0.15, 0.2) is 0 Å². The van der Waals surface area contributed by atoms with E-state index in [2.05, 4.69) is 0 Å². The smallest absolute Gasteiger partial charge is 0.126 e. The van der Waals surface area contributed by atoms with Crippen LogP contribution >= 0.6 is 11.8 Å². The lowest BCUT2D eigenvalue weighted by Gasteiger charge is -2.15. The molecule has 1 nitrogen and oxygen atoms in total. The lowest BCUT2D eigenvalue weighted by Crippen LogP contribution is -2.04. The van der Waals surface area contributed by atoms with Crippen molar-refractivity contribution in [1.82, 2.24) is 0 Å². The Hall–Kier alpha value is -1.32. The van der Waals surface area contributed by atoms with Crippen molar-refractivity contribution in [2.75, 3.05) is 0 Å². The van der Waals surface area contributed by atoms with Gasteiger partial charge in [-0.25, -0.2) is 4.39 Å². The Balaban J connectivity index is 2.21. The van der Waals surface area contributed by atoms with Crippen LogP contribution in [-0.2, 0) is 5.75 Å². The van der Waals surface area contributed by atoms with E-state index in [1.165, 1.54) is 6.07 Å². The highest BCUT2D eigenvalue weighted by atomic mass is 32.2. The summed E-state index contributed by atoms with van der Waals surface area (Å²) in [6.45, 7) is 1.78. The van der Waals surface area contributed by atoms with Gasteiger partial charge in [-0.2, -0.15) is 0 Å². The third-order valence-electron chi connectivity index (χ3n) is 3.45. The molecule has 3 rings (SSSR count). The number of benzene rings is 2. The first-order valence-corrected chi connectivity index (χ1v) is 6.84. The van der Waals surface area contributed by atoms with E-state index in [4.69, 9.17) is 0 Å². The van der Waals surface area contributed by atoms with Gasteiger partial charge in [0, 0.05) is 10.6 Å². The van der Waals surface area contributed by atoms with Crippen molar-refractivity contribution in [1.29, 1.82) is 0 Å². The summed E-state index contributed by atoms with van der Waals surface area (Å²) in [4.78, 5) is 1.07. The molecule has 1 aliphatic rings. The molecule has 92 valence electrons. The molecule has 0 aromatic heterocycles. The number of hydrogen-bond acceptors (Lipinski definition) is 2. The predicted octanol–water partition coefficient (Wildman–Crippen LogP) is 3.82. The Morgan fingerprint density at radius 3 is 2.78 bits per heavy atom. The minimum Gasteiger partial charge on any atom is -0.384 e. The summed E-state index contributed by atoms with van der Waals surface area (Å²) in [6.07, 6.45) is -0.662. The van der Waals surface area contributed by atoms with Gasteiger partial charge in [0.1, 0.15) is 11.9 Å². The molecule has 1 N–H and O–H groups in total. The number of aliphatic hydroxyl groups excluding tert-OH is 1. The molecule has 1 heterocycles. The van der Waals surface area contributed by atoms with Crippen LogP contribution in [0.4, 0.5) is 4.39 Å². The molecule has 1 aliphatic heterocycles. The molecule has 3 heteroatoms. The molecular weight excluding hydrogens is 247 g/mol. The Labute approximate surface area is 110 Å². The van der Waals surface area contributed by atoms with Gasteiger partial charge in [-0.3, -0.25) is 0 Å². The lowest BCUT2D eigenvalue weighted by molar-refractivity contribution is 0.217. The molecule has 0 amide bonds. The Morgan fingerprint density at radius 2 is 1.94 bits per heavy atom. The highest BCUT2D eigenvalue weighted by Crippen LogP contribution is 2.40. The summed E-state index contributed by atoms with van der Waals surface area (Å²) in [7, 11) is 0. The van der Waals surface area contributed by atoms with E-state index in [0.29, 0.717) is 11.3 Å². The zero-order chi connectivity index (χ0) is 12.7. The van der Waals surface area contributed by atoms with Crippen molar-refractivity contribution in [2.45, 2.75) is 23.7 Å². The van der Waals surface area contributed by atoms with Gasteiger partial charge < -0.3 is 5.11 Å². The van der Waals surface area contributed by atoms with E-state index in [1.54, 1.807) is 24.8 Å². The molecule has 0 saturated carbocycles. The SMILES string of the molecule is Cc1c(F)ccc2c1CSc1ccccc1C2O. The first-order chi connectivity index (χ1) is 8.68. The van der Waals surface area contributed by atoms with Crippen molar-refractivity contribution >= 4 is 11.8 Å². The molecule has 1 unspecified atom stereocenters. The van der Waals surface area contributed by atoms with Crippen LogP contribution in [0.5, 0.6) is 0 Å². The van der Waals surface area contributed by atoms with Gasteiger partial charge in [-0.1, -0.05) is 24.3 Å². The molecular formula is C15H13FOS. The van der Waals surface area contributed by atoms with E-state index in [1.807, 2.05) is 24.3 Å². The maximum Gasteiger partial charge on any atom is 0.126 e. The minimum absolute atomic E-state index is 0.201. The largest absolute Gasteiger partial charge is 0.384 e. The lowest BCUT2D eigenvalue weighted by atomic mass is 9.94. The Bertz CT molecular complexity index is 609. The van der Waals surface area contributed by atoms with Crippen LogP contribution < -0.4 is 0 Å². The van der Waals surface area contributed by atoms with Crippen molar-refractivity contribution in [3.63, 3.8) is 0 Å². The fraction of sp³-hybridized carbons (Fsp3) is 0.200. The van der Waals surface area contributed by atoms with E-state index in [-0.39, 0.29) is 5.82 Å². The summed E-state index contributed by atoms with van der Waals surface area (Å²) in [6, 6.07) is 11.0. The average Bonchev–Trinajstić information content (AvgIpc) is 2.53. The monoisotopic (exact) mass is 260 g/mol. The van der Waals surface area contributed by atoms with Gasteiger partial charge in [0.05, 0.1) is 0 Å². The summed E-state index contributed by atoms with van der Waals surface area (Å²) < 4.78 is 13.6. The van der Waals surface area contributed by atoms with E-state index in [9.17, 15) is 9.50 Å². The first kappa shape index (κ1) is 11.8. The van der Waals surface area contributed by atoms with Crippen molar-refractivity contribution in [3.8, 4) is 0 Å². The van der Waals surface area contributed by atoms with Crippen LogP contribution in [0.1, 0.15) is 28.4 Å². The van der Waals surface area contributed by atoms with E-state index in [0.717, 1.165) is 21.6 Å². The quantitative estimate of drug-likeness (QED) is 0.777. The second-order valence-corrected chi connectivity index (χ2v) is 5.49. The second kappa shape index (κ2) is 4.41. The average molecular weight is 260 g/mol. The number of rotatable bonds is 0. The Kier molecular flexibility index (Phi) is 2.88. The number of thioether (sulfide) groups is 1. The summed E-state index contributed by atoms with van der Waals surface area (Å²) >= 11 is 1.65. The van der Waals surface area contributed by atoms with Crippen molar-refractivity contribution in [2.24, 2.45) is 0 Å². The van der Waals surface area contributed by atoms with E-state index < -0.39 is 6.10 Å². The highest BCUT2D eigenvalue weighted by Gasteiger charge is 2.23. The normalized spacial score (nSPS) is 17.8. The molecule has 1 atom stereocenters. The summed E-state index contributed by atoms with van der Waals surface area (Å²) in [5.41, 5.74) is 3.30. The van der Waals surface area contributed by atoms with Crippen molar-refractivity contribution < 1.29 is 9.50 Å². The number of halogens is 1. The van der Waals surface area contributed by atoms with Gasteiger partial charge in [-0.05, 0) is 41.3 Å². The van der Waals surface area contributed by atoms with Crippen LogP contribution in [0, 0.1) is 12.7 Å². The maximum atomic E-state index is 13.6. The second-order valence-electron chi connectivity index (χ2n) is 4.47. The van der Waals surface area contributed by atoms with Crippen LogP contribution in [0.15, 0.2) is 41.3 Å². The summed E-state index contributed by atoms with van der Waals surface area (Å²) in [5.74, 6) is 0.500. The van der Waals surface area contributed by atoms with Gasteiger partial charge in [0.25, 0.3) is 0 Å². The third kappa shape index (κ3) is 1.74. The van der Waals surface area contributed by atoms with Crippen molar-refractivity contribution in [3.05, 3.63) is 64.5 Å². The van der Waals surface area contributed by atoms with Gasteiger partial charge in [-0.15, -0.1) is 11.8 Å². The zero-order valence-electron chi connectivity index (χ0n) is 9.98. The van der Waals surface area contributed by atoms with E-state index >= 15 is 0 Å². The maximum absolute atomic E-state index is 13.6. The Morgan fingerprint density at radius 1 is 1.17 bits per heavy atom. The highest BCUT2D eigenvalue weighted by molar-refractivity contribution is 7.98. The molecule has 0 radical (unpaired) electrons. The number of fused-ring (bicyclic) bond motifs is 2. The topological polar surface area (TPSA) is 20.2 Å². The molecule has 2 aromatic rings. The standard InChI is InChI=1S/C15H13FOS/c1-9-12-8-18-14-5-3-2-4-11(14)15(17)10(12)6-7-13(9)16/h2-7,15,17H,8H2,1H3. The molecule has 2 aromatic carbocycles. The third-order valence-corrected chi connectivity index (χ3v) is 4.56. The molecule has 0 saturated heterocycles. The molecule has 0 aliphatic carbocycles. The summed E-state index contributed by atoms with van der Waals surface area (Å²) in [5, 5.41) is 10.5. The van der Waals surface area contributed by atoms with Crippen LogP contribution in [0.3, 0.4) is 0 Å². The zero-order valence-corrected chi connectivity index (χ0v) is 10.8.